The first-order chi connectivity index (χ1) is 20.9. The molecule has 4 unspecified atom stereocenters. The molecule has 0 saturated heterocycles. The maximum atomic E-state index is 14.2. The van der Waals surface area contributed by atoms with Crippen molar-refractivity contribution in [1.82, 2.24) is 19.8 Å². The summed E-state index contributed by atoms with van der Waals surface area (Å²) in [5.74, 6) is -7.56. The van der Waals surface area contributed by atoms with Crippen molar-refractivity contribution in [2.45, 2.75) is 49.8 Å². The Labute approximate surface area is 259 Å². The Morgan fingerprint density at radius 2 is 1.82 bits per heavy atom. The molecule has 45 heavy (non-hydrogen) atoms. The minimum atomic E-state index is -4.09. The highest BCUT2D eigenvalue weighted by Gasteiger charge is 2.63. The van der Waals surface area contributed by atoms with Crippen molar-refractivity contribution in [2.24, 2.45) is 17.6 Å². The normalized spacial score (nSPS) is 24.9. The molecule has 0 aliphatic heterocycles. The van der Waals surface area contributed by atoms with Crippen molar-refractivity contribution < 1.29 is 43.2 Å². The number of aromatic nitrogens is 2. The van der Waals surface area contributed by atoms with E-state index in [1.165, 1.54) is 11.8 Å². The lowest BCUT2D eigenvalue weighted by Crippen LogP contribution is -2.63. The number of primary amides is 1. The van der Waals surface area contributed by atoms with Crippen LogP contribution in [-0.4, -0.2) is 101 Å². The number of Topliss-reactive ketones (excluding diaryl/α,β-unsaturated/α-hetero) is 2. The van der Waals surface area contributed by atoms with E-state index in [1.54, 1.807) is 46.1 Å². The van der Waals surface area contributed by atoms with Gasteiger partial charge in [-0.25, -0.2) is 13.1 Å². The fourth-order valence-corrected chi connectivity index (χ4v) is 8.44. The number of phenolic OH excluding ortho intramolecular Hbond substituents is 1. The van der Waals surface area contributed by atoms with Crippen LogP contribution in [0.2, 0.25) is 0 Å². The van der Waals surface area contributed by atoms with E-state index in [9.17, 15) is 43.2 Å². The minimum Gasteiger partial charge on any atom is -0.510 e. The number of rotatable bonds is 7. The van der Waals surface area contributed by atoms with Crippen LogP contribution < -0.4 is 15.4 Å². The van der Waals surface area contributed by atoms with E-state index < -0.39 is 80.4 Å². The van der Waals surface area contributed by atoms with Crippen molar-refractivity contribution in [3.05, 3.63) is 56.8 Å². The summed E-state index contributed by atoms with van der Waals surface area (Å²) < 4.78 is 28.6. The molecule has 5 rings (SSSR count). The number of aliphatic hydroxyl groups excluding tert-OH is 2. The van der Waals surface area contributed by atoms with E-state index in [2.05, 4.69) is 14.9 Å². The molecule has 242 valence electrons. The van der Waals surface area contributed by atoms with E-state index in [4.69, 9.17) is 5.73 Å². The molecule has 0 radical (unpaired) electrons. The fourth-order valence-electron chi connectivity index (χ4n) is 7.07. The highest BCUT2D eigenvalue weighted by Crippen LogP contribution is 2.53. The Balaban J connectivity index is 1.64. The standard InChI is InChI=1S/C29H36N6O9S/c1-11-25(12(2)33-32-11)45(43,44)31-10-14-9-17(34(3)4)15-7-13-8-16-21(35(5)6)24(38)20(28(30)41)27(40)29(16,42)26(39)18(13)23(37)19(15)22(14)36/h9,13,16,21,31,36,38-39,42H,7-8,10H2,1-6H3,(H2,30,41)(H,32,33). The van der Waals surface area contributed by atoms with Gasteiger partial charge in [0.05, 0.1) is 23.0 Å². The van der Waals surface area contributed by atoms with Crippen LogP contribution in [0.15, 0.2) is 33.6 Å². The van der Waals surface area contributed by atoms with E-state index in [0.717, 1.165) is 0 Å². The zero-order valence-electron chi connectivity index (χ0n) is 25.6. The average Bonchev–Trinajstić information content (AvgIpc) is 3.28. The third-order valence-corrected chi connectivity index (χ3v) is 10.7. The summed E-state index contributed by atoms with van der Waals surface area (Å²) in [5.41, 5.74) is 2.75. The number of carbonyl (C=O) groups is 3. The highest BCUT2D eigenvalue weighted by atomic mass is 32.2. The summed E-state index contributed by atoms with van der Waals surface area (Å²) in [4.78, 5) is 43.0. The Bertz CT molecular complexity index is 1820. The zero-order chi connectivity index (χ0) is 33.5. The van der Waals surface area contributed by atoms with Gasteiger partial charge in [-0.05, 0) is 58.3 Å². The predicted octanol–water partition coefficient (Wildman–Crippen LogP) is 0.00504. The number of fused-ring (bicyclic) bond motifs is 3. The predicted molar refractivity (Wildman–Crippen MR) is 160 cm³/mol. The summed E-state index contributed by atoms with van der Waals surface area (Å²) in [6, 6.07) is 0.461. The van der Waals surface area contributed by atoms with E-state index in [-0.39, 0.29) is 40.1 Å². The zero-order valence-corrected chi connectivity index (χ0v) is 26.4. The lowest BCUT2D eigenvalue weighted by molar-refractivity contribution is -0.148. The van der Waals surface area contributed by atoms with Crippen LogP contribution in [0.3, 0.4) is 0 Å². The molecule has 4 atom stereocenters. The maximum Gasteiger partial charge on any atom is 0.255 e. The largest absolute Gasteiger partial charge is 0.510 e. The molecule has 0 saturated carbocycles. The Morgan fingerprint density at radius 3 is 2.36 bits per heavy atom. The van der Waals surface area contributed by atoms with Crippen LogP contribution in [0, 0.1) is 25.7 Å². The van der Waals surface area contributed by atoms with Gasteiger partial charge in [0.15, 0.2) is 11.4 Å². The molecule has 16 heteroatoms. The number of sulfonamides is 1. The van der Waals surface area contributed by atoms with Crippen LogP contribution >= 0.6 is 0 Å². The van der Waals surface area contributed by atoms with Gasteiger partial charge >= 0.3 is 0 Å². The third-order valence-electron chi connectivity index (χ3n) is 9.04. The molecular formula is C29H36N6O9S. The van der Waals surface area contributed by atoms with E-state index >= 15 is 0 Å². The van der Waals surface area contributed by atoms with Crippen LogP contribution in [-0.2, 0) is 32.6 Å². The molecule has 0 fully saturated rings. The summed E-state index contributed by atoms with van der Waals surface area (Å²) in [6.07, 6.45) is 0.0410. The second-order valence-corrected chi connectivity index (χ2v) is 13.9. The van der Waals surface area contributed by atoms with E-state index in [1.807, 2.05) is 0 Å². The Morgan fingerprint density at radius 1 is 1.18 bits per heavy atom. The number of benzene rings is 1. The van der Waals surface area contributed by atoms with Crippen molar-refractivity contribution in [1.29, 1.82) is 0 Å². The molecule has 8 N–H and O–H groups in total. The molecule has 0 spiro atoms. The number of amides is 1. The number of H-pyrrole nitrogens is 1. The number of nitrogens with zero attached hydrogens (tertiary/aromatic N) is 3. The van der Waals surface area contributed by atoms with Crippen LogP contribution in [0.25, 0.3) is 0 Å². The number of aromatic hydroxyl groups is 1. The number of hydrogen-bond acceptors (Lipinski definition) is 12. The number of nitrogens with one attached hydrogen (secondary N) is 2. The van der Waals surface area contributed by atoms with Gasteiger partial charge in [-0.15, -0.1) is 0 Å². The van der Waals surface area contributed by atoms with Gasteiger partial charge in [-0.2, -0.15) is 5.10 Å². The number of aryl methyl sites for hydroxylation is 2. The van der Waals surface area contributed by atoms with Gasteiger partial charge in [-0.3, -0.25) is 24.4 Å². The molecule has 0 bridgehead atoms. The van der Waals surface area contributed by atoms with E-state index in [0.29, 0.717) is 16.9 Å². The van der Waals surface area contributed by atoms with Gasteiger partial charge in [0.2, 0.25) is 15.8 Å². The van der Waals surface area contributed by atoms with Gasteiger partial charge in [0, 0.05) is 43.4 Å². The topological polar surface area (TPSA) is 239 Å². The molecule has 1 aromatic carbocycles. The van der Waals surface area contributed by atoms with Crippen LogP contribution in [0.1, 0.15) is 39.3 Å². The Kier molecular flexibility index (Phi) is 7.63. The average molecular weight is 645 g/mol. The number of hydrogen-bond donors (Lipinski definition) is 7. The lowest BCUT2D eigenvalue weighted by atomic mass is 9.58. The lowest BCUT2D eigenvalue weighted by Gasteiger charge is -2.50. The first kappa shape index (κ1) is 32.2. The molecular weight excluding hydrogens is 608 g/mol. The van der Waals surface area contributed by atoms with Gasteiger partial charge in [0.25, 0.3) is 5.91 Å². The molecule has 15 nitrogen and oxygen atoms in total. The Hall–Kier alpha value is -4.25. The second-order valence-electron chi connectivity index (χ2n) is 12.2. The van der Waals surface area contributed by atoms with Crippen molar-refractivity contribution >= 4 is 33.2 Å². The van der Waals surface area contributed by atoms with Gasteiger partial charge in [0.1, 0.15) is 27.7 Å². The van der Waals surface area contributed by atoms with Crippen molar-refractivity contribution in [2.75, 3.05) is 33.1 Å². The highest BCUT2D eigenvalue weighted by molar-refractivity contribution is 7.89. The molecule has 3 aliphatic carbocycles. The number of aliphatic hydroxyl groups is 3. The van der Waals surface area contributed by atoms with Crippen LogP contribution in [0.5, 0.6) is 5.75 Å². The first-order valence-corrected chi connectivity index (χ1v) is 15.6. The number of nitrogens with two attached hydrogens (primary N) is 1. The number of allylic oxidation sites excluding steroid dienone is 1. The molecule has 3 aliphatic rings. The quantitative estimate of drug-likeness (QED) is 0.197. The first-order valence-electron chi connectivity index (χ1n) is 14.1. The minimum absolute atomic E-state index is 0.0459. The molecule has 1 amide bonds. The van der Waals surface area contributed by atoms with Crippen LogP contribution in [0.4, 0.5) is 5.69 Å². The third kappa shape index (κ3) is 4.62. The molecule has 1 heterocycles. The van der Waals surface area contributed by atoms with Gasteiger partial charge in [-0.1, -0.05) is 0 Å². The SMILES string of the molecule is Cc1n[nH]c(C)c1S(=O)(=O)NCc1cc(N(C)C)c2c(c1O)C(=O)C1=C(O)C3(O)C(=O)C(C(N)=O)=C(O)C(N(C)C)C3CC1C2. The number of phenols is 1. The monoisotopic (exact) mass is 644 g/mol. The van der Waals surface area contributed by atoms with Gasteiger partial charge < -0.3 is 31.1 Å². The second kappa shape index (κ2) is 10.7. The molecule has 1 aromatic heterocycles. The number of ketones is 2. The number of carbonyl (C=O) groups excluding carboxylic acids is 3. The summed E-state index contributed by atoms with van der Waals surface area (Å²) >= 11 is 0. The number of likely N-dealkylation sites (N-methyl/N-ethyl adjacent to an activating group) is 1. The molecule has 2 aromatic rings. The number of anilines is 1. The smallest absolute Gasteiger partial charge is 0.255 e. The summed E-state index contributed by atoms with van der Waals surface area (Å²) in [7, 11) is 2.45. The maximum absolute atomic E-state index is 14.2. The summed E-state index contributed by atoms with van der Waals surface area (Å²) in [6.45, 7) is 2.67. The fraction of sp³-hybridized carbons (Fsp3) is 0.448. The number of aromatic amines is 1. The van der Waals surface area contributed by atoms with Crippen molar-refractivity contribution in [3.63, 3.8) is 0 Å². The summed E-state index contributed by atoms with van der Waals surface area (Å²) in [5, 5.41) is 52.2. The van der Waals surface area contributed by atoms with Crippen molar-refractivity contribution in [3.8, 4) is 5.75 Å².